The van der Waals surface area contributed by atoms with E-state index >= 15 is 0 Å². The molecule has 8 heteroatoms. The van der Waals surface area contributed by atoms with Gasteiger partial charge in [0.1, 0.15) is 11.5 Å². The lowest BCUT2D eigenvalue weighted by molar-refractivity contribution is 0.0447. The number of β-amino-alcohol motifs (C(OH)–C–C–N with tert-alkyl or cyclic N) is 1. The predicted molar refractivity (Wildman–Crippen MR) is 119 cm³/mol. The van der Waals surface area contributed by atoms with E-state index in [9.17, 15) is 5.11 Å². The molecule has 8 nitrogen and oxygen atoms in total. The highest BCUT2D eigenvalue weighted by molar-refractivity contribution is 6.20. The van der Waals surface area contributed by atoms with Crippen molar-refractivity contribution in [2.45, 2.75) is 25.4 Å². The van der Waals surface area contributed by atoms with E-state index in [0.717, 1.165) is 53.1 Å². The van der Waals surface area contributed by atoms with Crippen LogP contribution in [-0.4, -0.2) is 61.5 Å². The number of hydrogen-bond acceptors (Lipinski definition) is 6. The normalized spacial score (nSPS) is 20.7. The molecule has 30 heavy (non-hydrogen) atoms. The van der Waals surface area contributed by atoms with Crippen molar-refractivity contribution in [3.8, 4) is 11.4 Å². The zero-order valence-corrected chi connectivity index (χ0v) is 17.6. The Morgan fingerprint density at radius 2 is 2.23 bits per heavy atom. The first-order valence-electron chi connectivity index (χ1n) is 10.0. The third-order valence-corrected chi connectivity index (χ3v) is 5.38. The van der Waals surface area contributed by atoms with Crippen LogP contribution < -0.4 is 15.5 Å². The van der Waals surface area contributed by atoms with Crippen LogP contribution in [0, 0.1) is 0 Å². The summed E-state index contributed by atoms with van der Waals surface area (Å²) in [6.45, 7) is 7.41. The number of aliphatic hydroxyl groups is 1. The Kier molecular flexibility index (Phi) is 5.26. The zero-order chi connectivity index (χ0) is 21.3. The largest absolute Gasteiger partial charge is 0.388 e. The maximum absolute atomic E-state index is 10.5. The highest BCUT2D eigenvalue weighted by Crippen LogP contribution is 2.25. The second-order valence-corrected chi connectivity index (χ2v) is 8.02. The van der Waals surface area contributed by atoms with Crippen LogP contribution in [0.25, 0.3) is 24.0 Å². The van der Waals surface area contributed by atoms with Crippen LogP contribution in [-0.2, 0) is 7.05 Å². The zero-order valence-electron chi connectivity index (χ0n) is 17.6. The van der Waals surface area contributed by atoms with E-state index in [1.54, 1.807) is 17.9 Å². The van der Waals surface area contributed by atoms with Crippen molar-refractivity contribution in [1.29, 1.82) is 0 Å². The van der Waals surface area contributed by atoms with Crippen LogP contribution in [0.3, 0.4) is 0 Å². The van der Waals surface area contributed by atoms with Crippen molar-refractivity contribution < 1.29 is 5.11 Å². The fourth-order valence-electron chi connectivity index (χ4n) is 3.85. The van der Waals surface area contributed by atoms with Crippen LogP contribution in [0.2, 0.25) is 0 Å². The number of aryl methyl sites for hydroxylation is 1. The lowest BCUT2D eigenvalue weighted by atomic mass is 9.95. The standard InChI is InChI=1S/C22H27N7O/c1-15-17(11-19(23-3)16-12-24-28(4)13-16)21(27-26-15)18-7-5-8-20(25-18)29-10-6-9-22(2,30)14-29/h5,7-8,11-13,26,30H,1,6,9-10,14H2,2-4H3/b17-11+,23-19?/t22-/m0/s1. The number of piperidine rings is 1. The minimum absolute atomic E-state index is 0.567. The molecule has 3 aromatic rings. The summed E-state index contributed by atoms with van der Waals surface area (Å²) in [7, 11) is 3.63. The predicted octanol–water partition coefficient (Wildman–Crippen LogP) is 0.866. The Balaban J connectivity index is 1.74. The number of anilines is 1. The van der Waals surface area contributed by atoms with Crippen LogP contribution in [0.1, 0.15) is 25.3 Å². The molecule has 0 amide bonds. The van der Waals surface area contributed by atoms with Crippen molar-refractivity contribution in [1.82, 2.24) is 25.0 Å². The summed E-state index contributed by atoms with van der Waals surface area (Å²) in [5, 5.41) is 23.7. The van der Waals surface area contributed by atoms with Gasteiger partial charge in [0.05, 0.1) is 28.6 Å². The number of hydrogen-bond donors (Lipinski definition) is 2. The minimum atomic E-state index is -0.697. The topological polar surface area (TPSA) is 95.2 Å². The Morgan fingerprint density at radius 3 is 2.93 bits per heavy atom. The van der Waals surface area contributed by atoms with Gasteiger partial charge in [-0.15, -0.1) is 0 Å². The first kappa shape index (κ1) is 20.0. The smallest absolute Gasteiger partial charge is 0.129 e. The summed E-state index contributed by atoms with van der Waals surface area (Å²) < 4.78 is 1.74. The van der Waals surface area contributed by atoms with E-state index in [1.165, 1.54) is 0 Å². The highest BCUT2D eigenvalue weighted by atomic mass is 16.3. The first-order valence-corrected chi connectivity index (χ1v) is 10.0. The number of rotatable bonds is 4. The van der Waals surface area contributed by atoms with Crippen LogP contribution in [0.4, 0.5) is 5.82 Å². The van der Waals surface area contributed by atoms with Gasteiger partial charge in [-0.25, -0.2) is 4.98 Å². The van der Waals surface area contributed by atoms with Gasteiger partial charge in [0.25, 0.3) is 0 Å². The summed E-state index contributed by atoms with van der Waals surface area (Å²) in [6, 6.07) is 5.88. The number of aromatic nitrogens is 5. The van der Waals surface area contributed by atoms with Crippen LogP contribution in [0.15, 0.2) is 35.6 Å². The average Bonchev–Trinajstić information content (AvgIpc) is 3.31. The molecule has 0 aliphatic carbocycles. The van der Waals surface area contributed by atoms with Gasteiger partial charge < -0.3 is 10.0 Å². The van der Waals surface area contributed by atoms with Crippen molar-refractivity contribution in [3.05, 3.63) is 46.7 Å². The summed E-state index contributed by atoms with van der Waals surface area (Å²) in [5.74, 6) is 0.837. The van der Waals surface area contributed by atoms with Crippen LogP contribution >= 0.6 is 0 Å². The van der Waals surface area contributed by atoms with Gasteiger partial charge in [0.2, 0.25) is 0 Å². The van der Waals surface area contributed by atoms with E-state index in [-0.39, 0.29) is 0 Å². The maximum atomic E-state index is 10.5. The van der Waals surface area contributed by atoms with Crippen molar-refractivity contribution >= 4 is 24.2 Å². The molecule has 0 aromatic carbocycles. The molecule has 0 saturated carbocycles. The number of nitrogens with zero attached hydrogens (tertiary/aromatic N) is 6. The van der Waals surface area contributed by atoms with Gasteiger partial charge >= 0.3 is 0 Å². The molecule has 0 radical (unpaired) electrons. The minimum Gasteiger partial charge on any atom is -0.388 e. The molecular weight excluding hydrogens is 378 g/mol. The molecule has 1 atom stereocenters. The molecule has 4 rings (SSSR count). The number of aliphatic imine (C=N–C) groups is 1. The second kappa shape index (κ2) is 7.87. The molecule has 1 fully saturated rings. The number of nitrogens with one attached hydrogen (secondary N) is 1. The lowest BCUT2D eigenvalue weighted by Gasteiger charge is -2.37. The molecular formula is C22H27N7O. The molecule has 1 saturated heterocycles. The third-order valence-electron chi connectivity index (χ3n) is 5.38. The molecule has 4 heterocycles. The lowest BCUT2D eigenvalue weighted by Crippen LogP contribution is -2.46. The molecule has 2 N–H and O–H groups in total. The summed E-state index contributed by atoms with van der Waals surface area (Å²) in [5.41, 5.74) is 2.48. The summed E-state index contributed by atoms with van der Waals surface area (Å²) in [6.07, 6.45) is 7.40. The summed E-state index contributed by atoms with van der Waals surface area (Å²) in [4.78, 5) is 11.4. The molecule has 0 bridgehead atoms. The van der Waals surface area contributed by atoms with Crippen molar-refractivity contribution in [3.63, 3.8) is 0 Å². The summed E-state index contributed by atoms with van der Waals surface area (Å²) >= 11 is 0. The van der Waals surface area contributed by atoms with Crippen LogP contribution in [0.5, 0.6) is 0 Å². The number of aromatic amines is 1. The van der Waals surface area contributed by atoms with Gasteiger partial charge in [-0.2, -0.15) is 10.2 Å². The van der Waals surface area contributed by atoms with E-state index in [0.29, 0.717) is 11.9 Å². The van der Waals surface area contributed by atoms with Gasteiger partial charge in [-0.1, -0.05) is 12.6 Å². The van der Waals surface area contributed by atoms with E-state index in [1.807, 2.05) is 44.4 Å². The SMILES string of the molecule is C=c1[nH]nc(-c2cccc(N3CCC[C@](C)(O)C3)n2)/c1=C/C(=NC)c1cnn(C)c1. The van der Waals surface area contributed by atoms with E-state index in [2.05, 4.69) is 31.8 Å². The Labute approximate surface area is 175 Å². The molecule has 0 unspecified atom stereocenters. The van der Waals surface area contributed by atoms with E-state index in [4.69, 9.17) is 4.98 Å². The van der Waals surface area contributed by atoms with Gasteiger partial charge in [0.15, 0.2) is 0 Å². The molecule has 1 aliphatic rings. The average molecular weight is 406 g/mol. The Hall–Kier alpha value is -3.26. The van der Waals surface area contributed by atoms with Crippen molar-refractivity contribution in [2.75, 3.05) is 25.0 Å². The van der Waals surface area contributed by atoms with E-state index < -0.39 is 5.60 Å². The maximum Gasteiger partial charge on any atom is 0.129 e. The fraction of sp³-hybridized carbons (Fsp3) is 0.364. The molecule has 3 aromatic heterocycles. The quantitative estimate of drug-likeness (QED) is 0.628. The van der Waals surface area contributed by atoms with Gasteiger partial charge in [-0.05, 0) is 38.0 Å². The molecule has 0 spiro atoms. The number of pyridine rings is 1. The molecule has 1 aliphatic heterocycles. The first-order chi connectivity index (χ1) is 14.4. The van der Waals surface area contributed by atoms with Gasteiger partial charge in [0, 0.05) is 44.2 Å². The third kappa shape index (κ3) is 4.04. The Bertz CT molecular complexity index is 1190. The van der Waals surface area contributed by atoms with Gasteiger partial charge in [-0.3, -0.25) is 14.8 Å². The molecule has 156 valence electrons. The Morgan fingerprint density at radius 1 is 1.40 bits per heavy atom. The monoisotopic (exact) mass is 405 g/mol. The van der Waals surface area contributed by atoms with Crippen molar-refractivity contribution in [2.24, 2.45) is 12.0 Å². The highest BCUT2D eigenvalue weighted by Gasteiger charge is 2.29. The second-order valence-electron chi connectivity index (χ2n) is 8.02. The number of H-pyrrole nitrogens is 1. The fourth-order valence-corrected chi connectivity index (χ4v) is 3.85.